The van der Waals surface area contributed by atoms with Crippen LogP contribution in [0.4, 0.5) is 18.9 Å². The van der Waals surface area contributed by atoms with Gasteiger partial charge in [-0.1, -0.05) is 18.2 Å². The molecule has 0 bridgehead atoms. The molecule has 1 aliphatic rings. The van der Waals surface area contributed by atoms with Crippen molar-refractivity contribution in [3.8, 4) is 17.2 Å². The Morgan fingerprint density at radius 2 is 1.75 bits per heavy atom. The van der Waals surface area contributed by atoms with Crippen LogP contribution >= 0.6 is 12.2 Å². The molecular formula is C27H27F3N2O3S. The Kier molecular flexibility index (Phi) is 7.59. The van der Waals surface area contributed by atoms with Gasteiger partial charge in [-0.25, -0.2) is 0 Å². The van der Waals surface area contributed by atoms with E-state index >= 15 is 0 Å². The molecule has 3 aromatic carbocycles. The highest BCUT2D eigenvalue weighted by Gasteiger charge is 2.33. The zero-order chi connectivity index (χ0) is 25.9. The number of hydrogen-bond acceptors (Lipinski definition) is 4. The molecule has 9 heteroatoms. The first-order valence-corrected chi connectivity index (χ1v) is 11.8. The topological polar surface area (TPSA) is 43.0 Å². The minimum absolute atomic E-state index is 0.0828. The quantitative estimate of drug-likeness (QED) is 0.382. The van der Waals surface area contributed by atoms with Gasteiger partial charge >= 0.3 is 6.18 Å². The zero-order valence-corrected chi connectivity index (χ0v) is 21.0. The van der Waals surface area contributed by atoms with E-state index in [-0.39, 0.29) is 18.4 Å². The van der Waals surface area contributed by atoms with Crippen molar-refractivity contribution in [1.29, 1.82) is 0 Å². The Hall–Kier alpha value is -3.46. The third-order valence-corrected chi connectivity index (χ3v) is 6.44. The van der Waals surface area contributed by atoms with E-state index in [9.17, 15) is 13.2 Å². The second-order valence-corrected chi connectivity index (χ2v) is 8.89. The van der Waals surface area contributed by atoms with Crippen molar-refractivity contribution >= 4 is 23.0 Å². The third-order valence-electron chi connectivity index (χ3n) is 6.10. The van der Waals surface area contributed by atoms with E-state index in [0.29, 0.717) is 29.6 Å². The summed E-state index contributed by atoms with van der Waals surface area (Å²) in [5, 5.41) is 3.79. The predicted octanol–water partition coefficient (Wildman–Crippen LogP) is 6.41. The number of anilines is 1. The number of hydrogen-bond donors (Lipinski definition) is 1. The van der Waals surface area contributed by atoms with Crippen molar-refractivity contribution in [3.05, 3.63) is 82.9 Å². The summed E-state index contributed by atoms with van der Waals surface area (Å²) in [6, 6.07) is 16.2. The molecule has 0 saturated carbocycles. The second-order valence-electron chi connectivity index (χ2n) is 8.50. The summed E-state index contributed by atoms with van der Waals surface area (Å²) in [6.45, 7) is 2.67. The van der Waals surface area contributed by atoms with Gasteiger partial charge in [0.15, 0.2) is 16.6 Å². The molecule has 3 aromatic rings. The van der Waals surface area contributed by atoms with Crippen molar-refractivity contribution in [3.63, 3.8) is 0 Å². The molecule has 1 atom stereocenters. The van der Waals surface area contributed by atoms with E-state index in [1.54, 1.807) is 14.2 Å². The number of halogens is 3. The molecule has 0 aliphatic carbocycles. The van der Waals surface area contributed by atoms with E-state index in [1.807, 2.05) is 48.2 Å². The van der Waals surface area contributed by atoms with Crippen LogP contribution in [-0.4, -0.2) is 37.4 Å². The maximum atomic E-state index is 13.2. The summed E-state index contributed by atoms with van der Waals surface area (Å²) in [6.07, 6.45) is -3.75. The van der Waals surface area contributed by atoms with E-state index in [1.165, 1.54) is 12.1 Å². The molecule has 5 nitrogen and oxygen atoms in total. The average molecular weight is 517 g/mol. The lowest BCUT2D eigenvalue weighted by atomic mass is 9.92. The van der Waals surface area contributed by atoms with Crippen LogP contribution in [0.1, 0.15) is 28.3 Å². The number of ether oxygens (including phenoxy) is 3. The normalized spacial score (nSPS) is 15.2. The average Bonchev–Trinajstić information content (AvgIpc) is 2.85. The molecule has 0 saturated heterocycles. The lowest BCUT2D eigenvalue weighted by Crippen LogP contribution is -2.44. The number of nitrogens with one attached hydrogen (secondary N) is 1. The lowest BCUT2D eigenvalue weighted by molar-refractivity contribution is -0.137. The van der Waals surface area contributed by atoms with Crippen LogP contribution in [0.5, 0.6) is 17.2 Å². The summed E-state index contributed by atoms with van der Waals surface area (Å²) in [4.78, 5) is 2.00. The lowest BCUT2D eigenvalue weighted by Gasteiger charge is -2.39. The molecule has 0 aromatic heterocycles. The van der Waals surface area contributed by atoms with Crippen LogP contribution in [0.15, 0.2) is 60.7 Å². The first kappa shape index (κ1) is 25.6. The largest absolute Gasteiger partial charge is 0.493 e. The number of rotatable bonds is 6. The molecule has 1 aliphatic heterocycles. The van der Waals surface area contributed by atoms with Gasteiger partial charge in [-0.3, -0.25) is 0 Å². The fraction of sp³-hybridized carbons (Fsp3) is 0.296. The van der Waals surface area contributed by atoms with Gasteiger partial charge in [0.05, 0.1) is 25.8 Å². The molecule has 190 valence electrons. The van der Waals surface area contributed by atoms with Gasteiger partial charge in [0, 0.05) is 12.2 Å². The number of methoxy groups -OCH3 is 2. The first-order valence-electron chi connectivity index (χ1n) is 11.4. The highest BCUT2D eigenvalue weighted by atomic mass is 32.1. The maximum absolute atomic E-state index is 13.2. The maximum Gasteiger partial charge on any atom is 0.416 e. The molecular weight excluding hydrogens is 489 g/mol. The van der Waals surface area contributed by atoms with E-state index < -0.39 is 11.7 Å². The fourth-order valence-corrected chi connectivity index (χ4v) is 4.64. The summed E-state index contributed by atoms with van der Waals surface area (Å²) in [5.41, 5.74) is 3.15. The van der Waals surface area contributed by atoms with Crippen LogP contribution in [0.25, 0.3) is 0 Å². The minimum atomic E-state index is -4.45. The van der Waals surface area contributed by atoms with Crippen LogP contribution in [0.3, 0.4) is 0 Å². The first-order chi connectivity index (χ1) is 17.2. The summed E-state index contributed by atoms with van der Waals surface area (Å²) in [5.74, 6) is 1.30. The summed E-state index contributed by atoms with van der Waals surface area (Å²) >= 11 is 5.77. The molecule has 0 spiro atoms. The van der Waals surface area contributed by atoms with Gasteiger partial charge in [-0.05, 0) is 84.7 Å². The SMILES string of the molecule is COc1cc2c(cc1OC)C(COc1cccc(C(F)(F)F)c1)N(C(=S)Nc1cccc(C)c1)CC2. The van der Waals surface area contributed by atoms with E-state index in [2.05, 4.69) is 5.32 Å². The summed E-state index contributed by atoms with van der Waals surface area (Å²) in [7, 11) is 3.14. The smallest absolute Gasteiger partial charge is 0.416 e. The number of nitrogens with zero attached hydrogens (tertiary/aromatic N) is 1. The Labute approximate surface area is 213 Å². The van der Waals surface area contributed by atoms with Gasteiger partial charge in [0.25, 0.3) is 0 Å². The van der Waals surface area contributed by atoms with Gasteiger partial charge in [-0.2, -0.15) is 13.2 Å². The van der Waals surface area contributed by atoms with Crippen molar-refractivity contribution in [2.75, 3.05) is 32.7 Å². The van der Waals surface area contributed by atoms with E-state index in [0.717, 1.165) is 34.5 Å². The highest BCUT2D eigenvalue weighted by molar-refractivity contribution is 7.80. The van der Waals surface area contributed by atoms with Crippen LogP contribution in [0, 0.1) is 6.92 Å². The Morgan fingerprint density at radius 3 is 2.44 bits per heavy atom. The van der Waals surface area contributed by atoms with E-state index in [4.69, 9.17) is 26.4 Å². The zero-order valence-electron chi connectivity index (χ0n) is 20.2. The third kappa shape index (κ3) is 5.67. The van der Waals surface area contributed by atoms with Gasteiger partial charge in [0.2, 0.25) is 0 Å². The molecule has 0 fully saturated rings. The molecule has 0 radical (unpaired) electrons. The van der Waals surface area contributed by atoms with Crippen molar-refractivity contribution < 1.29 is 27.4 Å². The number of benzene rings is 3. The monoisotopic (exact) mass is 516 g/mol. The highest BCUT2D eigenvalue weighted by Crippen LogP contribution is 2.39. The van der Waals surface area contributed by atoms with Crippen LogP contribution < -0.4 is 19.5 Å². The van der Waals surface area contributed by atoms with Crippen molar-refractivity contribution in [2.45, 2.75) is 25.6 Å². The molecule has 1 N–H and O–H groups in total. The number of aryl methyl sites for hydroxylation is 1. The number of alkyl halides is 3. The molecule has 36 heavy (non-hydrogen) atoms. The number of fused-ring (bicyclic) bond motifs is 1. The van der Waals surface area contributed by atoms with Gasteiger partial charge in [-0.15, -0.1) is 0 Å². The predicted molar refractivity (Wildman–Crippen MR) is 137 cm³/mol. The van der Waals surface area contributed by atoms with Crippen molar-refractivity contribution in [1.82, 2.24) is 4.90 Å². The molecule has 1 unspecified atom stereocenters. The van der Waals surface area contributed by atoms with Gasteiger partial charge in [0.1, 0.15) is 12.4 Å². The molecule has 1 heterocycles. The van der Waals surface area contributed by atoms with Gasteiger partial charge < -0.3 is 24.4 Å². The Balaban J connectivity index is 1.65. The van der Waals surface area contributed by atoms with Crippen LogP contribution in [0.2, 0.25) is 0 Å². The number of thiocarbonyl (C=S) groups is 1. The molecule has 0 amide bonds. The fourth-order valence-electron chi connectivity index (χ4n) is 4.31. The Morgan fingerprint density at radius 1 is 1.03 bits per heavy atom. The minimum Gasteiger partial charge on any atom is -0.493 e. The summed E-state index contributed by atoms with van der Waals surface area (Å²) < 4.78 is 56.5. The molecule has 4 rings (SSSR count). The van der Waals surface area contributed by atoms with Crippen molar-refractivity contribution in [2.24, 2.45) is 0 Å². The Bertz CT molecular complexity index is 1250. The standard InChI is InChI=1S/C27H27F3N2O3S/c1-17-6-4-8-20(12-17)31-26(36)32-11-10-18-13-24(33-2)25(34-3)15-22(18)23(32)16-35-21-9-5-7-19(14-21)27(28,29)30/h4-9,12-15,23H,10-11,16H2,1-3H3,(H,31,36). The second kappa shape index (κ2) is 10.7. The van der Waals surface area contributed by atoms with Crippen LogP contribution in [-0.2, 0) is 12.6 Å².